The number of para-hydroxylation sites is 3. The second-order valence-corrected chi connectivity index (χ2v) is 20.6. The number of likely N-dealkylation sites (N-methyl/N-ethyl adjacent to an activating group) is 1. The number of benzene rings is 3. The quantitative estimate of drug-likeness (QED) is 0.236. The summed E-state index contributed by atoms with van der Waals surface area (Å²) < 4.78 is 55.9. The van der Waals surface area contributed by atoms with Crippen molar-refractivity contribution in [3.05, 3.63) is 89.5 Å². The fourth-order valence-corrected chi connectivity index (χ4v) is 10.6. The molecule has 5 aliphatic rings. The highest BCUT2D eigenvalue weighted by molar-refractivity contribution is 7.87. The number of rotatable bonds is 13. The SMILES string of the molecule is CC(CNS(=O)(=O)N(C)C)N1CCc2ccccc21.CC(CNS(=O)(=O)N1CCCC1)N1CCc2ccccc21.CN1CCN(C(=O)NCCN2CCc3ccccc32)CC1. The number of anilines is 3. The van der Waals surface area contributed by atoms with Crippen LogP contribution in [0.5, 0.6) is 0 Å². The van der Waals surface area contributed by atoms with E-state index in [1.165, 1.54) is 52.2 Å². The van der Waals surface area contributed by atoms with Crippen LogP contribution in [-0.4, -0.2) is 160 Å². The van der Waals surface area contributed by atoms with Gasteiger partial charge in [0.05, 0.1) is 0 Å². The lowest BCUT2D eigenvalue weighted by atomic mass is 10.2. The smallest absolute Gasteiger partial charge is 0.317 e. The minimum absolute atomic E-state index is 0.0792. The lowest BCUT2D eigenvalue weighted by molar-refractivity contribution is 0.154. The van der Waals surface area contributed by atoms with Crippen LogP contribution in [0.3, 0.4) is 0 Å². The summed E-state index contributed by atoms with van der Waals surface area (Å²) in [6.07, 6.45) is 5.12. The first kappa shape index (κ1) is 46.5. The number of fused-ring (bicyclic) bond motifs is 3. The Labute approximate surface area is 365 Å². The van der Waals surface area contributed by atoms with Crippen molar-refractivity contribution >= 4 is 43.5 Å². The minimum Gasteiger partial charge on any atom is -0.369 e. The lowest BCUT2D eigenvalue weighted by Gasteiger charge is -2.32. The van der Waals surface area contributed by atoms with Crippen LogP contribution in [0.4, 0.5) is 21.9 Å². The predicted octanol–water partition coefficient (Wildman–Crippen LogP) is 3.21. The number of carbonyl (C=O) groups excluding carboxylic acids is 1. The van der Waals surface area contributed by atoms with Gasteiger partial charge < -0.3 is 29.8 Å². The fraction of sp³-hybridized carbons (Fsp3) is 0.568. The van der Waals surface area contributed by atoms with Gasteiger partial charge in [-0.15, -0.1) is 0 Å². The number of hydrogen-bond donors (Lipinski definition) is 3. The highest BCUT2D eigenvalue weighted by atomic mass is 32.2. The Hall–Kier alpha value is -3.97. The molecule has 5 aliphatic heterocycles. The molecule has 2 fully saturated rings. The van der Waals surface area contributed by atoms with Gasteiger partial charge >= 0.3 is 6.03 Å². The van der Waals surface area contributed by atoms with Crippen LogP contribution >= 0.6 is 0 Å². The van der Waals surface area contributed by atoms with E-state index < -0.39 is 20.4 Å². The third-order valence-corrected chi connectivity index (χ3v) is 15.4. The summed E-state index contributed by atoms with van der Waals surface area (Å²) in [5.41, 5.74) is 7.90. The van der Waals surface area contributed by atoms with E-state index in [1.807, 2.05) is 30.0 Å². The van der Waals surface area contributed by atoms with Crippen LogP contribution in [0.2, 0.25) is 0 Å². The van der Waals surface area contributed by atoms with Crippen molar-refractivity contribution in [2.45, 2.75) is 58.0 Å². The minimum atomic E-state index is -3.34. The molecule has 3 N–H and O–H groups in total. The maximum atomic E-state index is 12.2. The largest absolute Gasteiger partial charge is 0.369 e. The van der Waals surface area contributed by atoms with E-state index in [-0.39, 0.29) is 18.1 Å². The topological polar surface area (TPSA) is 144 Å². The molecule has 17 heteroatoms. The Kier molecular flexibility index (Phi) is 16.3. The van der Waals surface area contributed by atoms with E-state index in [0.29, 0.717) is 32.7 Å². The van der Waals surface area contributed by atoms with E-state index in [1.54, 1.807) is 4.31 Å². The Balaban J connectivity index is 0.000000153. The summed E-state index contributed by atoms with van der Waals surface area (Å²) >= 11 is 0. The molecule has 2 saturated heterocycles. The molecule has 8 rings (SSSR count). The molecule has 0 aliphatic carbocycles. The van der Waals surface area contributed by atoms with Gasteiger partial charge in [0.25, 0.3) is 20.4 Å². The zero-order valence-electron chi connectivity index (χ0n) is 36.8. The van der Waals surface area contributed by atoms with Crippen molar-refractivity contribution in [3.63, 3.8) is 0 Å². The van der Waals surface area contributed by atoms with Crippen LogP contribution < -0.4 is 29.5 Å². The van der Waals surface area contributed by atoms with Crippen LogP contribution in [0.25, 0.3) is 0 Å². The third kappa shape index (κ3) is 12.4. The number of urea groups is 1. The maximum Gasteiger partial charge on any atom is 0.317 e. The molecular weight excluding hydrogens is 813 g/mol. The fourth-order valence-electron chi connectivity index (χ4n) is 8.52. The van der Waals surface area contributed by atoms with E-state index in [2.05, 4.69) is 103 Å². The average molecular weight is 881 g/mol. The van der Waals surface area contributed by atoms with Gasteiger partial charge in [0, 0.05) is 128 Å². The first-order valence-corrected chi connectivity index (χ1v) is 24.8. The molecule has 15 nitrogen and oxygen atoms in total. The van der Waals surface area contributed by atoms with Crippen LogP contribution in [0.1, 0.15) is 43.4 Å². The Morgan fingerprint density at radius 2 is 1.11 bits per heavy atom. The normalized spacial score (nSPS) is 18.8. The zero-order valence-corrected chi connectivity index (χ0v) is 38.4. The van der Waals surface area contributed by atoms with Crippen molar-refractivity contribution in [3.8, 4) is 0 Å². The predicted molar refractivity (Wildman–Crippen MR) is 247 cm³/mol. The molecule has 5 heterocycles. The molecule has 0 bridgehead atoms. The molecular formula is C44H68N10O5S2. The standard InChI is InChI=1S/C16H24N4O.C15H23N3O2S.C13H21N3O2S/c1-18-10-12-20(13-11-18)16(21)17-7-9-19-8-6-14-4-2-3-5-15(14)19;1-13(12-16-21(19,20)17-9-4-5-10-17)18-11-8-14-6-2-3-7-15(14)18;1-11(10-14-19(17,18)15(2)3)16-9-8-12-6-4-5-7-13(12)16/h2-5H,6-13H2,1H3,(H,17,21);2-3,6-7,13,16H,4-5,8-12H2,1H3;4-7,11,14H,8-10H2,1-3H3. The Morgan fingerprint density at radius 1 is 0.639 bits per heavy atom. The number of nitrogens with one attached hydrogen (secondary N) is 3. The maximum absolute atomic E-state index is 12.2. The van der Waals surface area contributed by atoms with Crippen molar-refractivity contribution in [1.29, 1.82) is 0 Å². The van der Waals surface area contributed by atoms with Gasteiger partial charge in [-0.3, -0.25) is 0 Å². The van der Waals surface area contributed by atoms with Crippen LogP contribution in [0, 0.1) is 0 Å². The Bertz CT molecular complexity index is 2110. The highest BCUT2D eigenvalue weighted by Gasteiger charge is 2.29. The molecule has 0 radical (unpaired) electrons. The summed E-state index contributed by atoms with van der Waals surface area (Å²) in [5.74, 6) is 0. The summed E-state index contributed by atoms with van der Waals surface area (Å²) in [6.45, 7) is 14.4. The van der Waals surface area contributed by atoms with Gasteiger partial charge in [-0.05, 0) is 87.9 Å². The molecule has 0 aromatic heterocycles. The van der Waals surface area contributed by atoms with Gasteiger partial charge in [0.2, 0.25) is 0 Å². The molecule has 3 aromatic carbocycles. The summed E-state index contributed by atoms with van der Waals surface area (Å²) in [6, 6.07) is 25.6. The second kappa shape index (κ2) is 21.4. The van der Waals surface area contributed by atoms with Crippen molar-refractivity contribution in [1.82, 2.24) is 33.2 Å². The summed E-state index contributed by atoms with van der Waals surface area (Å²) in [4.78, 5) is 23.2. The molecule has 336 valence electrons. The van der Waals surface area contributed by atoms with Crippen LogP contribution in [-0.2, 0) is 39.7 Å². The van der Waals surface area contributed by atoms with Crippen LogP contribution in [0.15, 0.2) is 72.8 Å². The monoisotopic (exact) mass is 880 g/mol. The molecule has 2 unspecified atom stereocenters. The first-order valence-electron chi connectivity index (χ1n) is 21.9. The number of nitrogens with zero attached hydrogens (tertiary/aromatic N) is 7. The van der Waals surface area contributed by atoms with E-state index >= 15 is 0 Å². The molecule has 2 atom stereocenters. The molecule has 2 amide bonds. The zero-order chi connectivity index (χ0) is 43.6. The molecule has 0 saturated carbocycles. The van der Waals surface area contributed by atoms with Crippen molar-refractivity contribution < 1.29 is 21.6 Å². The van der Waals surface area contributed by atoms with Gasteiger partial charge in [-0.1, -0.05) is 54.6 Å². The number of amides is 2. The van der Waals surface area contributed by atoms with E-state index in [9.17, 15) is 21.6 Å². The summed E-state index contributed by atoms with van der Waals surface area (Å²) in [7, 11) is -1.50. The molecule has 3 aromatic rings. The Morgan fingerprint density at radius 3 is 1.66 bits per heavy atom. The van der Waals surface area contributed by atoms with Gasteiger partial charge in [-0.25, -0.2) is 14.2 Å². The van der Waals surface area contributed by atoms with Gasteiger partial charge in [-0.2, -0.15) is 25.4 Å². The average Bonchev–Trinajstić information content (AvgIpc) is 4.10. The first-order chi connectivity index (χ1) is 29.2. The van der Waals surface area contributed by atoms with E-state index in [0.717, 1.165) is 84.5 Å². The van der Waals surface area contributed by atoms with Gasteiger partial charge in [0.15, 0.2) is 0 Å². The number of piperazine rings is 1. The molecule has 0 spiro atoms. The van der Waals surface area contributed by atoms with Crippen molar-refractivity contribution in [2.75, 3.05) is 121 Å². The van der Waals surface area contributed by atoms with Crippen molar-refractivity contribution in [2.24, 2.45) is 0 Å². The second-order valence-electron chi connectivity index (χ2n) is 16.8. The highest BCUT2D eigenvalue weighted by Crippen LogP contribution is 2.30. The number of hydrogen-bond acceptors (Lipinski definition) is 9. The third-order valence-electron chi connectivity index (χ3n) is 12.4. The van der Waals surface area contributed by atoms with E-state index in [4.69, 9.17) is 0 Å². The summed E-state index contributed by atoms with van der Waals surface area (Å²) in [5, 5.41) is 3.05. The number of carbonyl (C=O) groups is 1. The lowest BCUT2D eigenvalue weighted by Crippen LogP contribution is -2.51. The molecule has 61 heavy (non-hydrogen) atoms. The van der Waals surface area contributed by atoms with Gasteiger partial charge in [0.1, 0.15) is 0 Å².